The van der Waals surface area contributed by atoms with Gasteiger partial charge in [0.2, 0.25) is 0 Å². The number of carbonyl (C=O) groups excluding carboxylic acids is 1. The molecule has 1 rings (SSSR count). The first-order valence-corrected chi connectivity index (χ1v) is 8.06. The molecule has 1 fully saturated rings. The Hall–Kier alpha value is -0.910. The highest BCUT2D eigenvalue weighted by Gasteiger charge is 2.31. The van der Waals surface area contributed by atoms with Crippen LogP contribution in [0.5, 0.6) is 0 Å². The van der Waals surface area contributed by atoms with Crippen LogP contribution in [0.4, 0.5) is 13.6 Å². The summed E-state index contributed by atoms with van der Waals surface area (Å²) in [5.74, 6) is 0.342. The predicted molar refractivity (Wildman–Crippen MR) is 83.0 cm³/mol. The lowest BCUT2D eigenvalue weighted by molar-refractivity contribution is 0.0156. The van der Waals surface area contributed by atoms with Crippen LogP contribution in [0, 0.1) is 5.92 Å². The lowest BCUT2D eigenvalue weighted by Gasteiger charge is -2.34. The summed E-state index contributed by atoms with van der Waals surface area (Å²) in [4.78, 5) is 13.8. The van der Waals surface area contributed by atoms with Crippen LogP contribution in [0.25, 0.3) is 0 Å². The van der Waals surface area contributed by atoms with E-state index in [2.05, 4.69) is 0 Å². The number of piperidine rings is 1. The van der Waals surface area contributed by atoms with E-state index in [1.807, 2.05) is 20.8 Å². The quantitative estimate of drug-likeness (QED) is 0.838. The molecule has 1 aliphatic heterocycles. The number of hydrogen-bond donors (Lipinski definition) is 1. The van der Waals surface area contributed by atoms with Gasteiger partial charge in [-0.2, -0.15) is 0 Å². The third kappa shape index (κ3) is 6.46. The SMILES string of the molecule is CC(C)(C)OC(=O)N1CCCC(CCCC(C)(N)C(F)F)C1. The van der Waals surface area contributed by atoms with Crippen molar-refractivity contribution in [2.24, 2.45) is 11.7 Å². The van der Waals surface area contributed by atoms with Crippen molar-refractivity contribution in [3.05, 3.63) is 0 Å². The van der Waals surface area contributed by atoms with Gasteiger partial charge in [0.25, 0.3) is 6.43 Å². The van der Waals surface area contributed by atoms with Crippen molar-refractivity contribution in [3.8, 4) is 0 Å². The van der Waals surface area contributed by atoms with Crippen molar-refractivity contribution < 1.29 is 18.3 Å². The van der Waals surface area contributed by atoms with Crippen LogP contribution in [0.15, 0.2) is 0 Å². The van der Waals surface area contributed by atoms with Gasteiger partial charge in [0.15, 0.2) is 0 Å². The second-order valence-corrected chi connectivity index (χ2v) is 7.63. The molecule has 4 nitrogen and oxygen atoms in total. The van der Waals surface area contributed by atoms with Crippen LogP contribution < -0.4 is 5.73 Å². The maximum Gasteiger partial charge on any atom is 0.410 e. The predicted octanol–water partition coefficient (Wildman–Crippen LogP) is 3.79. The van der Waals surface area contributed by atoms with Crippen molar-refractivity contribution >= 4 is 6.09 Å². The van der Waals surface area contributed by atoms with Gasteiger partial charge in [-0.15, -0.1) is 0 Å². The minimum absolute atomic E-state index is 0.284. The summed E-state index contributed by atoms with van der Waals surface area (Å²) < 4.78 is 30.8. The van der Waals surface area contributed by atoms with Crippen LogP contribution in [0.2, 0.25) is 0 Å². The number of alkyl halides is 2. The summed E-state index contributed by atoms with van der Waals surface area (Å²) in [6.45, 7) is 8.28. The molecule has 2 unspecified atom stereocenters. The number of nitrogens with two attached hydrogens (primary N) is 1. The van der Waals surface area contributed by atoms with E-state index in [-0.39, 0.29) is 6.09 Å². The Kier molecular flexibility index (Phi) is 6.59. The van der Waals surface area contributed by atoms with Crippen LogP contribution in [0.3, 0.4) is 0 Å². The van der Waals surface area contributed by atoms with Gasteiger partial charge in [0.1, 0.15) is 5.60 Å². The molecular formula is C16H30F2N2O2. The number of ether oxygens (including phenoxy) is 1. The Balaban J connectivity index is 2.39. The van der Waals surface area contributed by atoms with Gasteiger partial charge in [-0.05, 0) is 59.3 Å². The Labute approximate surface area is 132 Å². The summed E-state index contributed by atoms with van der Waals surface area (Å²) in [6, 6.07) is 0. The lowest BCUT2D eigenvalue weighted by Crippen LogP contribution is -2.44. The average molecular weight is 320 g/mol. The molecule has 0 saturated carbocycles. The molecule has 0 aromatic carbocycles. The third-order valence-electron chi connectivity index (χ3n) is 4.00. The van der Waals surface area contributed by atoms with Crippen molar-refractivity contribution in [1.82, 2.24) is 4.90 Å². The van der Waals surface area contributed by atoms with Crippen molar-refractivity contribution in [3.63, 3.8) is 0 Å². The lowest BCUT2D eigenvalue weighted by atomic mass is 9.89. The zero-order chi connectivity index (χ0) is 17.0. The van der Waals surface area contributed by atoms with Gasteiger partial charge < -0.3 is 15.4 Å². The normalized spacial score (nSPS) is 22.5. The number of likely N-dealkylation sites (tertiary alicyclic amines) is 1. The molecule has 0 bridgehead atoms. The second-order valence-electron chi connectivity index (χ2n) is 7.63. The third-order valence-corrected chi connectivity index (χ3v) is 4.00. The molecule has 2 N–H and O–H groups in total. The summed E-state index contributed by atoms with van der Waals surface area (Å²) in [7, 11) is 0. The van der Waals surface area contributed by atoms with Gasteiger partial charge in [-0.3, -0.25) is 0 Å². The minimum atomic E-state index is -2.50. The van der Waals surface area contributed by atoms with Gasteiger partial charge in [0, 0.05) is 13.1 Å². The minimum Gasteiger partial charge on any atom is -0.444 e. The van der Waals surface area contributed by atoms with Crippen molar-refractivity contribution in [1.29, 1.82) is 0 Å². The first-order valence-electron chi connectivity index (χ1n) is 8.06. The van der Waals surface area contributed by atoms with Crippen LogP contribution in [0.1, 0.15) is 59.8 Å². The Morgan fingerprint density at radius 3 is 2.55 bits per heavy atom. The topological polar surface area (TPSA) is 55.6 Å². The standard InChI is InChI=1S/C16H30F2N2O2/c1-15(2,3)22-14(21)20-10-6-8-12(11-20)7-5-9-16(4,19)13(17)18/h12-13H,5-11,19H2,1-4H3. The van der Waals surface area contributed by atoms with Gasteiger partial charge in [-0.1, -0.05) is 6.42 Å². The number of halogens is 2. The molecule has 0 aromatic heterocycles. The van der Waals surface area contributed by atoms with E-state index in [0.29, 0.717) is 31.8 Å². The highest BCUT2D eigenvalue weighted by Crippen LogP contribution is 2.26. The summed E-state index contributed by atoms with van der Waals surface area (Å²) in [5.41, 5.74) is 3.67. The van der Waals surface area contributed by atoms with E-state index in [1.54, 1.807) is 4.90 Å². The first kappa shape index (κ1) is 19.1. The molecule has 130 valence electrons. The molecule has 0 radical (unpaired) electrons. The molecule has 2 atom stereocenters. The average Bonchev–Trinajstić information content (AvgIpc) is 2.36. The highest BCUT2D eigenvalue weighted by molar-refractivity contribution is 5.68. The van der Waals surface area contributed by atoms with Gasteiger partial charge in [0.05, 0.1) is 5.54 Å². The molecule has 1 amide bonds. The molecule has 0 aliphatic carbocycles. The Bertz CT molecular complexity index is 368. The zero-order valence-corrected chi connectivity index (χ0v) is 14.2. The molecule has 22 heavy (non-hydrogen) atoms. The van der Waals surface area contributed by atoms with E-state index < -0.39 is 17.6 Å². The Morgan fingerprint density at radius 1 is 1.36 bits per heavy atom. The van der Waals surface area contributed by atoms with Crippen molar-refractivity contribution in [2.75, 3.05) is 13.1 Å². The molecule has 1 aliphatic rings. The number of amides is 1. The summed E-state index contributed by atoms with van der Waals surface area (Å²) in [6.07, 6.45) is 0.940. The highest BCUT2D eigenvalue weighted by atomic mass is 19.3. The summed E-state index contributed by atoms with van der Waals surface area (Å²) in [5, 5.41) is 0. The largest absolute Gasteiger partial charge is 0.444 e. The van der Waals surface area contributed by atoms with E-state index >= 15 is 0 Å². The van der Waals surface area contributed by atoms with E-state index in [9.17, 15) is 13.6 Å². The van der Waals surface area contributed by atoms with Gasteiger partial charge >= 0.3 is 6.09 Å². The number of rotatable bonds is 5. The van der Waals surface area contributed by atoms with Gasteiger partial charge in [-0.25, -0.2) is 13.6 Å². The van der Waals surface area contributed by atoms with Crippen LogP contribution in [-0.4, -0.2) is 41.6 Å². The molecule has 1 saturated heterocycles. The smallest absolute Gasteiger partial charge is 0.410 e. The van der Waals surface area contributed by atoms with E-state index in [4.69, 9.17) is 10.5 Å². The molecule has 1 heterocycles. The summed E-state index contributed by atoms with van der Waals surface area (Å²) >= 11 is 0. The molecule has 0 aromatic rings. The van der Waals surface area contributed by atoms with E-state index in [1.165, 1.54) is 6.92 Å². The second kappa shape index (κ2) is 7.57. The fourth-order valence-electron chi connectivity index (χ4n) is 2.67. The maximum absolute atomic E-state index is 12.7. The number of carbonyl (C=O) groups is 1. The first-order chi connectivity index (χ1) is 10.0. The number of nitrogens with zero attached hydrogens (tertiary/aromatic N) is 1. The molecule has 6 heteroatoms. The monoisotopic (exact) mass is 320 g/mol. The fraction of sp³-hybridized carbons (Fsp3) is 0.938. The van der Waals surface area contributed by atoms with E-state index in [0.717, 1.165) is 19.3 Å². The van der Waals surface area contributed by atoms with Crippen molar-refractivity contribution in [2.45, 2.75) is 77.4 Å². The van der Waals surface area contributed by atoms with Crippen LogP contribution in [-0.2, 0) is 4.74 Å². The zero-order valence-electron chi connectivity index (χ0n) is 14.2. The molecule has 0 spiro atoms. The van der Waals surface area contributed by atoms with Crippen LogP contribution >= 0.6 is 0 Å². The maximum atomic E-state index is 12.7. The fourth-order valence-corrected chi connectivity index (χ4v) is 2.67. The Morgan fingerprint density at radius 2 is 2.00 bits per heavy atom. The molecular weight excluding hydrogens is 290 g/mol. The number of hydrogen-bond acceptors (Lipinski definition) is 3.